The van der Waals surface area contributed by atoms with Crippen LogP contribution in [0.5, 0.6) is 5.75 Å². The summed E-state index contributed by atoms with van der Waals surface area (Å²) in [5, 5.41) is 0. The van der Waals surface area contributed by atoms with Crippen molar-refractivity contribution in [1.29, 1.82) is 0 Å². The van der Waals surface area contributed by atoms with Gasteiger partial charge in [-0.1, -0.05) is 0 Å². The Morgan fingerprint density at radius 2 is 2.11 bits per heavy atom. The van der Waals surface area contributed by atoms with Gasteiger partial charge in [-0.3, -0.25) is 4.90 Å². The van der Waals surface area contributed by atoms with Crippen molar-refractivity contribution < 1.29 is 9.47 Å². The first-order valence-electron chi connectivity index (χ1n) is 6.90. The lowest BCUT2D eigenvalue weighted by molar-refractivity contribution is 0.134. The smallest absolute Gasteiger partial charge is 0.124 e. The minimum Gasteiger partial charge on any atom is -0.496 e. The molecule has 0 aromatic heterocycles. The Bertz CT molecular complexity index is 475. The first-order chi connectivity index (χ1) is 9.22. The molecule has 19 heavy (non-hydrogen) atoms. The monoisotopic (exact) mass is 262 g/mol. The average Bonchev–Trinajstić information content (AvgIpc) is 3.02. The van der Waals surface area contributed by atoms with E-state index in [1.165, 1.54) is 16.7 Å². The van der Waals surface area contributed by atoms with E-state index < -0.39 is 0 Å². The van der Waals surface area contributed by atoms with Crippen LogP contribution >= 0.6 is 0 Å². The van der Waals surface area contributed by atoms with Crippen molar-refractivity contribution in [3.05, 3.63) is 28.8 Å². The highest BCUT2D eigenvalue weighted by atomic mass is 16.5. The van der Waals surface area contributed by atoms with Crippen molar-refractivity contribution in [2.24, 2.45) is 11.7 Å². The number of nitrogens with two attached hydrogens (primary N) is 1. The molecule has 0 aliphatic carbocycles. The Hall–Kier alpha value is -1.10. The second-order valence-corrected chi connectivity index (χ2v) is 5.65. The van der Waals surface area contributed by atoms with Gasteiger partial charge in [0, 0.05) is 18.2 Å². The molecule has 1 aromatic carbocycles. The summed E-state index contributed by atoms with van der Waals surface area (Å²) in [5.41, 5.74) is 9.67. The number of fused-ring (bicyclic) bond motifs is 1. The normalized spacial score (nSPS) is 26.7. The first kappa shape index (κ1) is 12.9. The molecular weight excluding hydrogens is 240 g/mol. The summed E-state index contributed by atoms with van der Waals surface area (Å²) in [6, 6.07) is 4.82. The standard InChI is InChI=1S/C15H22N2O2/c1-17-7-10(6-16)3-14(17)13-4-11-8-19-9-12(11)5-15(13)18-2/h4-5,10,14H,3,6-9,16H2,1-2H3. The molecule has 3 rings (SSSR count). The van der Waals surface area contributed by atoms with Gasteiger partial charge in [0.05, 0.1) is 20.3 Å². The fourth-order valence-electron chi connectivity index (χ4n) is 3.30. The number of likely N-dealkylation sites (tertiary alicyclic amines) is 1. The Kier molecular flexibility index (Phi) is 3.48. The average molecular weight is 262 g/mol. The van der Waals surface area contributed by atoms with Crippen molar-refractivity contribution >= 4 is 0 Å². The number of ether oxygens (including phenoxy) is 2. The fourth-order valence-corrected chi connectivity index (χ4v) is 3.30. The molecule has 1 fully saturated rings. The molecule has 0 saturated carbocycles. The van der Waals surface area contributed by atoms with Crippen molar-refractivity contribution in [1.82, 2.24) is 4.90 Å². The topological polar surface area (TPSA) is 47.7 Å². The van der Waals surface area contributed by atoms with E-state index in [-0.39, 0.29) is 0 Å². The Labute approximate surface area is 114 Å². The lowest BCUT2D eigenvalue weighted by Crippen LogP contribution is -2.21. The van der Waals surface area contributed by atoms with Gasteiger partial charge in [0.15, 0.2) is 0 Å². The zero-order valence-corrected chi connectivity index (χ0v) is 11.7. The van der Waals surface area contributed by atoms with Crippen LogP contribution in [0.3, 0.4) is 0 Å². The molecule has 2 heterocycles. The van der Waals surface area contributed by atoms with Crippen LogP contribution in [-0.2, 0) is 18.0 Å². The minimum absolute atomic E-state index is 0.411. The molecule has 2 atom stereocenters. The molecule has 4 nitrogen and oxygen atoms in total. The molecule has 104 valence electrons. The van der Waals surface area contributed by atoms with E-state index in [1.54, 1.807) is 7.11 Å². The van der Waals surface area contributed by atoms with E-state index >= 15 is 0 Å². The molecule has 0 amide bonds. The lowest BCUT2D eigenvalue weighted by atomic mass is 9.96. The molecular formula is C15H22N2O2. The van der Waals surface area contributed by atoms with Gasteiger partial charge in [-0.25, -0.2) is 0 Å². The van der Waals surface area contributed by atoms with Gasteiger partial charge in [-0.15, -0.1) is 0 Å². The third-order valence-electron chi connectivity index (χ3n) is 4.39. The van der Waals surface area contributed by atoms with Crippen molar-refractivity contribution in [2.45, 2.75) is 25.7 Å². The van der Waals surface area contributed by atoms with Crippen LogP contribution in [0.1, 0.15) is 29.2 Å². The highest BCUT2D eigenvalue weighted by Crippen LogP contribution is 2.40. The Morgan fingerprint density at radius 1 is 1.37 bits per heavy atom. The molecule has 2 unspecified atom stereocenters. The van der Waals surface area contributed by atoms with Crippen LogP contribution in [0.15, 0.2) is 12.1 Å². The third kappa shape index (κ3) is 2.24. The van der Waals surface area contributed by atoms with Crippen LogP contribution in [0.4, 0.5) is 0 Å². The molecule has 1 aromatic rings. The largest absolute Gasteiger partial charge is 0.496 e. The predicted molar refractivity (Wildman–Crippen MR) is 74.0 cm³/mol. The summed E-state index contributed by atoms with van der Waals surface area (Å²) < 4.78 is 11.1. The molecule has 2 aliphatic heterocycles. The Balaban J connectivity index is 1.95. The third-order valence-corrected chi connectivity index (χ3v) is 4.39. The molecule has 2 aliphatic rings. The second kappa shape index (κ2) is 5.12. The maximum absolute atomic E-state index is 5.82. The maximum Gasteiger partial charge on any atom is 0.124 e. The number of rotatable bonds is 3. The highest BCUT2D eigenvalue weighted by molar-refractivity contribution is 5.45. The van der Waals surface area contributed by atoms with Gasteiger partial charge in [-0.2, -0.15) is 0 Å². The molecule has 4 heteroatoms. The van der Waals surface area contributed by atoms with Gasteiger partial charge in [0.1, 0.15) is 5.75 Å². The van der Waals surface area contributed by atoms with Crippen LogP contribution in [-0.4, -0.2) is 32.1 Å². The minimum atomic E-state index is 0.411. The number of benzene rings is 1. The maximum atomic E-state index is 5.82. The lowest BCUT2D eigenvalue weighted by Gasteiger charge is -2.22. The van der Waals surface area contributed by atoms with E-state index in [1.807, 2.05) is 0 Å². The van der Waals surface area contributed by atoms with Gasteiger partial charge in [0.25, 0.3) is 0 Å². The van der Waals surface area contributed by atoms with Crippen LogP contribution in [0, 0.1) is 5.92 Å². The number of methoxy groups -OCH3 is 1. The van der Waals surface area contributed by atoms with Gasteiger partial charge >= 0.3 is 0 Å². The van der Waals surface area contributed by atoms with Gasteiger partial charge in [0.2, 0.25) is 0 Å². The SMILES string of the molecule is COc1cc2c(cc1C1CC(CN)CN1C)COC2. The van der Waals surface area contributed by atoms with Crippen LogP contribution < -0.4 is 10.5 Å². The summed E-state index contributed by atoms with van der Waals surface area (Å²) in [5.74, 6) is 1.57. The van der Waals surface area contributed by atoms with Crippen LogP contribution in [0.25, 0.3) is 0 Å². The summed E-state index contributed by atoms with van der Waals surface area (Å²) in [7, 11) is 3.92. The molecule has 1 saturated heterocycles. The molecule has 2 N–H and O–H groups in total. The first-order valence-corrected chi connectivity index (χ1v) is 6.90. The predicted octanol–water partition coefficient (Wildman–Crippen LogP) is 1.68. The second-order valence-electron chi connectivity index (χ2n) is 5.65. The number of nitrogens with zero attached hydrogens (tertiary/aromatic N) is 1. The van der Waals surface area contributed by atoms with Crippen molar-refractivity contribution in [2.75, 3.05) is 27.2 Å². The van der Waals surface area contributed by atoms with Crippen molar-refractivity contribution in [3.63, 3.8) is 0 Å². The summed E-state index contributed by atoms with van der Waals surface area (Å²) in [4.78, 5) is 2.39. The fraction of sp³-hybridized carbons (Fsp3) is 0.600. The van der Waals surface area contributed by atoms with E-state index in [9.17, 15) is 0 Å². The highest BCUT2D eigenvalue weighted by Gasteiger charge is 2.32. The Morgan fingerprint density at radius 3 is 2.74 bits per heavy atom. The summed E-state index contributed by atoms with van der Waals surface area (Å²) in [6.45, 7) is 3.26. The van der Waals surface area contributed by atoms with E-state index in [2.05, 4.69) is 24.1 Å². The van der Waals surface area contributed by atoms with Gasteiger partial charge < -0.3 is 15.2 Å². The van der Waals surface area contributed by atoms with E-state index in [0.717, 1.165) is 31.9 Å². The van der Waals surface area contributed by atoms with Crippen molar-refractivity contribution in [3.8, 4) is 5.75 Å². The quantitative estimate of drug-likeness (QED) is 0.900. The summed E-state index contributed by atoms with van der Waals surface area (Å²) >= 11 is 0. The van der Waals surface area contributed by atoms with E-state index in [4.69, 9.17) is 15.2 Å². The van der Waals surface area contributed by atoms with E-state index in [0.29, 0.717) is 18.6 Å². The molecule has 0 radical (unpaired) electrons. The zero-order valence-electron chi connectivity index (χ0n) is 11.7. The zero-order chi connectivity index (χ0) is 13.4. The summed E-state index contributed by atoms with van der Waals surface area (Å²) in [6.07, 6.45) is 1.11. The number of hydrogen-bond acceptors (Lipinski definition) is 4. The molecule has 0 bridgehead atoms. The molecule has 0 spiro atoms. The van der Waals surface area contributed by atoms with Crippen LogP contribution in [0.2, 0.25) is 0 Å². The van der Waals surface area contributed by atoms with Gasteiger partial charge in [-0.05, 0) is 49.2 Å². The number of hydrogen-bond donors (Lipinski definition) is 1.